The second kappa shape index (κ2) is 16.0. The fraction of sp³-hybridized carbons (Fsp3) is 0.459. The van der Waals surface area contributed by atoms with Gasteiger partial charge in [0.05, 0.1) is 38.6 Å². The van der Waals surface area contributed by atoms with Gasteiger partial charge in [-0.3, -0.25) is 4.79 Å². The van der Waals surface area contributed by atoms with Crippen LogP contribution in [0.3, 0.4) is 0 Å². The van der Waals surface area contributed by atoms with E-state index in [-0.39, 0.29) is 32.0 Å². The Bertz CT molecular complexity index is 1500. The number of amides is 2. The number of nitrogens with zero attached hydrogens (tertiary/aromatic N) is 1. The molecule has 0 radical (unpaired) electrons. The first-order chi connectivity index (χ1) is 23.4. The van der Waals surface area contributed by atoms with Gasteiger partial charge in [0.25, 0.3) is 0 Å². The molecule has 3 fully saturated rings. The molecule has 3 aromatic carbocycles. The maximum Gasteiger partial charge on any atom is 0.325 e. The molecule has 3 aliphatic heterocycles. The van der Waals surface area contributed by atoms with E-state index in [4.69, 9.17) is 23.7 Å². The van der Waals surface area contributed by atoms with Gasteiger partial charge in [-0.25, -0.2) is 4.79 Å². The number of benzene rings is 3. The van der Waals surface area contributed by atoms with E-state index in [9.17, 15) is 14.7 Å². The van der Waals surface area contributed by atoms with Gasteiger partial charge in [0, 0.05) is 51.0 Å². The van der Waals surface area contributed by atoms with Crippen molar-refractivity contribution in [3.8, 4) is 11.1 Å². The van der Waals surface area contributed by atoms with Crippen molar-refractivity contribution in [3.05, 3.63) is 95.1 Å². The molecule has 6 rings (SSSR count). The highest BCUT2D eigenvalue weighted by Gasteiger charge is 2.41. The first-order valence-corrected chi connectivity index (χ1v) is 16.8. The first-order valence-electron chi connectivity index (χ1n) is 16.8. The number of esters is 1. The van der Waals surface area contributed by atoms with Crippen LogP contribution in [0, 0.1) is 0 Å². The molecule has 0 aromatic heterocycles. The topological polar surface area (TPSA) is 128 Å². The van der Waals surface area contributed by atoms with Crippen molar-refractivity contribution >= 4 is 12.0 Å². The van der Waals surface area contributed by atoms with E-state index >= 15 is 0 Å². The molecule has 0 aliphatic carbocycles. The molecule has 0 bridgehead atoms. The third-order valence-electron chi connectivity index (χ3n) is 9.10. The van der Waals surface area contributed by atoms with Crippen LogP contribution in [0.15, 0.2) is 72.8 Å². The molecule has 3 heterocycles. The van der Waals surface area contributed by atoms with Gasteiger partial charge in [0.2, 0.25) is 0 Å². The van der Waals surface area contributed by atoms with Crippen molar-refractivity contribution in [1.29, 1.82) is 0 Å². The Kier molecular flexibility index (Phi) is 11.4. The van der Waals surface area contributed by atoms with Crippen LogP contribution >= 0.6 is 0 Å². The van der Waals surface area contributed by atoms with Gasteiger partial charge in [0.15, 0.2) is 12.1 Å². The summed E-state index contributed by atoms with van der Waals surface area (Å²) >= 11 is 0. The lowest BCUT2D eigenvalue weighted by molar-refractivity contribution is -0.255. The Labute approximate surface area is 281 Å². The minimum absolute atomic E-state index is 0.00225. The lowest BCUT2D eigenvalue weighted by atomic mass is 9.98. The minimum Gasteiger partial charge on any atom is -0.465 e. The normalized spacial score (nSPS) is 22.3. The number of piperidine rings is 1. The molecule has 0 unspecified atom stereocenters. The summed E-state index contributed by atoms with van der Waals surface area (Å²) in [5, 5.41) is 14.8. The summed E-state index contributed by atoms with van der Waals surface area (Å²) < 4.78 is 29.9. The third kappa shape index (κ3) is 8.79. The van der Waals surface area contributed by atoms with Gasteiger partial charge in [-0.1, -0.05) is 66.7 Å². The number of aliphatic hydroxyl groups is 1. The smallest absolute Gasteiger partial charge is 0.325 e. The van der Waals surface area contributed by atoms with Gasteiger partial charge in [-0.15, -0.1) is 0 Å². The van der Waals surface area contributed by atoms with Crippen LogP contribution in [-0.4, -0.2) is 79.9 Å². The summed E-state index contributed by atoms with van der Waals surface area (Å²) in [5.41, 5.74) is 5.82. The average Bonchev–Trinajstić information content (AvgIpc) is 3.59. The molecule has 3 saturated heterocycles. The van der Waals surface area contributed by atoms with E-state index in [1.54, 1.807) is 6.92 Å². The molecular formula is C37H45N3O8. The highest BCUT2D eigenvalue weighted by atomic mass is 16.7. The Hall–Kier alpha value is -3.84. The Morgan fingerprint density at radius 3 is 2.33 bits per heavy atom. The molecule has 256 valence electrons. The number of ether oxygens (including phenoxy) is 5. The van der Waals surface area contributed by atoms with E-state index in [1.807, 2.05) is 60.7 Å². The fourth-order valence-electron chi connectivity index (χ4n) is 6.49. The van der Waals surface area contributed by atoms with Gasteiger partial charge < -0.3 is 44.3 Å². The van der Waals surface area contributed by atoms with Crippen LogP contribution in [0.25, 0.3) is 11.1 Å². The van der Waals surface area contributed by atoms with E-state index in [0.29, 0.717) is 19.8 Å². The lowest BCUT2D eigenvalue weighted by Crippen LogP contribution is -2.48. The summed E-state index contributed by atoms with van der Waals surface area (Å²) in [6.45, 7) is 6.03. The Balaban J connectivity index is 1.10. The average molecular weight is 660 g/mol. The molecule has 2 amide bonds. The molecule has 11 nitrogen and oxygen atoms in total. The lowest BCUT2D eigenvalue weighted by Gasteiger charge is -2.41. The summed E-state index contributed by atoms with van der Waals surface area (Å²) in [6, 6.07) is 23.7. The number of nitrogens with one attached hydrogen (secondary N) is 2. The summed E-state index contributed by atoms with van der Waals surface area (Å²) in [6.07, 6.45) is 1.70. The van der Waals surface area contributed by atoms with Gasteiger partial charge >= 0.3 is 12.0 Å². The maximum absolute atomic E-state index is 12.1. The summed E-state index contributed by atoms with van der Waals surface area (Å²) in [4.78, 5) is 26.0. The second-order valence-corrected chi connectivity index (χ2v) is 12.4. The number of carbonyl (C=O) groups excluding carboxylic acids is 2. The number of likely N-dealkylation sites (tertiary alicyclic amines) is 1. The molecule has 11 heteroatoms. The third-order valence-corrected chi connectivity index (χ3v) is 9.10. The van der Waals surface area contributed by atoms with Crippen molar-refractivity contribution in [3.63, 3.8) is 0 Å². The van der Waals surface area contributed by atoms with Crippen LogP contribution in [0.2, 0.25) is 0 Å². The highest BCUT2D eigenvalue weighted by molar-refractivity contribution is 5.80. The number of carbonyl (C=O) groups is 2. The molecule has 3 aliphatic rings. The van der Waals surface area contributed by atoms with E-state index < -0.39 is 24.1 Å². The Morgan fingerprint density at radius 2 is 1.62 bits per heavy atom. The van der Waals surface area contributed by atoms with Gasteiger partial charge in [-0.05, 0) is 40.8 Å². The van der Waals surface area contributed by atoms with E-state index in [0.717, 1.165) is 72.3 Å². The molecule has 3 N–H and O–H groups in total. The monoisotopic (exact) mass is 659 g/mol. The zero-order chi connectivity index (χ0) is 33.3. The first kappa shape index (κ1) is 34.0. The quantitative estimate of drug-likeness (QED) is 0.253. The van der Waals surface area contributed by atoms with Gasteiger partial charge in [0.1, 0.15) is 6.54 Å². The van der Waals surface area contributed by atoms with Crippen LogP contribution < -0.4 is 10.6 Å². The van der Waals surface area contributed by atoms with Crippen molar-refractivity contribution in [2.24, 2.45) is 0 Å². The van der Waals surface area contributed by atoms with Crippen LogP contribution in [0.5, 0.6) is 0 Å². The van der Waals surface area contributed by atoms with Crippen molar-refractivity contribution in [2.75, 3.05) is 46.0 Å². The van der Waals surface area contributed by atoms with Crippen molar-refractivity contribution in [1.82, 2.24) is 15.5 Å². The molecular weight excluding hydrogens is 614 g/mol. The molecule has 48 heavy (non-hydrogen) atoms. The second-order valence-electron chi connectivity index (χ2n) is 12.4. The van der Waals surface area contributed by atoms with Crippen LogP contribution in [0.4, 0.5) is 4.79 Å². The zero-order valence-corrected chi connectivity index (χ0v) is 27.4. The molecule has 3 aromatic rings. The largest absolute Gasteiger partial charge is 0.465 e. The highest BCUT2D eigenvalue weighted by Crippen LogP contribution is 2.39. The number of urea groups is 1. The standard InChI is InChI=1S/C37H45N3O8/c1-2-44-34(42)23-39-36(43)38-22-27-4-3-5-31(20-27)28-10-12-30(13-11-28)35-47-32(21-33(48-35)29-8-6-26(25-41)7-9-29)24-40-16-14-37(15-17-40)45-18-19-46-37/h3-13,20,32-33,35,41H,2,14-19,21-25H2,1H3,(H2,38,39,43)/t32-,33+,35+/m1/s1. The van der Waals surface area contributed by atoms with Crippen LogP contribution in [0.1, 0.15) is 60.8 Å². The number of hydrogen-bond donors (Lipinski definition) is 3. The SMILES string of the molecule is CCOC(=O)CNC(=O)NCc1cccc(-c2ccc([C@H]3O[C@@H](CN4CCC5(CC4)OCCO5)C[C@@H](c4ccc(CO)cc4)O3)cc2)c1. The zero-order valence-electron chi connectivity index (χ0n) is 27.4. The number of hydrogen-bond acceptors (Lipinski definition) is 9. The van der Waals surface area contributed by atoms with Crippen molar-refractivity contribution in [2.45, 2.75) is 63.6 Å². The van der Waals surface area contributed by atoms with E-state index in [1.165, 1.54) is 0 Å². The van der Waals surface area contributed by atoms with Crippen molar-refractivity contribution < 1.29 is 38.4 Å². The number of aliphatic hydroxyl groups excluding tert-OH is 1. The molecule has 3 atom stereocenters. The summed E-state index contributed by atoms with van der Waals surface area (Å²) in [7, 11) is 0. The molecule has 0 saturated carbocycles. The maximum atomic E-state index is 12.1. The minimum atomic E-state index is -0.540. The predicted molar refractivity (Wildman–Crippen MR) is 177 cm³/mol. The van der Waals surface area contributed by atoms with Crippen LogP contribution in [-0.2, 0) is 41.6 Å². The number of rotatable bonds is 11. The summed E-state index contributed by atoms with van der Waals surface area (Å²) in [5.74, 6) is -0.889. The van der Waals surface area contributed by atoms with E-state index in [2.05, 4.69) is 27.7 Å². The predicted octanol–water partition coefficient (Wildman–Crippen LogP) is 4.59. The Morgan fingerprint density at radius 1 is 0.896 bits per heavy atom. The molecule has 1 spiro atoms. The van der Waals surface area contributed by atoms with Gasteiger partial charge in [-0.2, -0.15) is 0 Å². The fourth-order valence-corrected chi connectivity index (χ4v) is 6.49.